The highest BCUT2D eigenvalue weighted by Gasteiger charge is 2.47. The molecular formula is C24H50OSi2. The highest BCUT2D eigenvalue weighted by Crippen LogP contribution is 2.50. The Balaban J connectivity index is 3.34. The summed E-state index contributed by atoms with van der Waals surface area (Å²) in [5, 5.41) is 2.23. The van der Waals surface area contributed by atoms with Gasteiger partial charge in [-0.15, -0.1) is 0 Å². The summed E-state index contributed by atoms with van der Waals surface area (Å²) >= 11 is 0. The van der Waals surface area contributed by atoms with E-state index >= 15 is 0 Å². The fraction of sp³-hybridized carbons (Fsp3) is 0.917. The predicted octanol–water partition coefficient (Wildman–Crippen LogP) is 8.73. The van der Waals surface area contributed by atoms with E-state index in [0.29, 0.717) is 6.10 Å². The summed E-state index contributed by atoms with van der Waals surface area (Å²) in [5.41, 5.74) is 2.08. The van der Waals surface area contributed by atoms with Gasteiger partial charge >= 0.3 is 0 Å². The van der Waals surface area contributed by atoms with Crippen molar-refractivity contribution in [2.75, 3.05) is 0 Å². The van der Waals surface area contributed by atoms with Gasteiger partial charge in [-0.3, -0.25) is 0 Å². The molecule has 0 amide bonds. The van der Waals surface area contributed by atoms with E-state index in [1.807, 2.05) is 10.8 Å². The van der Waals surface area contributed by atoms with Crippen molar-refractivity contribution in [1.29, 1.82) is 0 Å². The molecule has 0 heterocycles. The molecule has 1 unspecified atom stereocenters. The third-order valence-corrected chi connectivity index (χ3v) is 18.5. The van der Waals surface area contributed by atoms with Crippen LogP contribution in [0.25, 0.3) is 0 Å². The van der Waals surface area contributed by atoms with E-state index in [2.05, 4.69) is 75.4 Å². The van der Waals surface area contributed by atoms with Gasteiger partial charge in [0.2, 0.25) is 0 Å². The van der Waals surface area contributed by atoms with Gasteiger partial charge in [-0.2, -0.15) is 0 Å². The number of rotatable bonds is 9. The predicted molar refractivity (Wildman–Crippen MR) is 129 cm³/mol. The summed E-state index contributed by atoms with van der Waals surface area (Å²) in [6.07, 6.45) is 6.83. The first-order chi connectivity index (χ1) is 12.3. The van der Waals surface area contributed by atoms with Crippen LogP contribution < -0.4 is 0 Å². The molecule has 0 saturated heterocycles. The van der Waals surface area contributed by atoms with Gasteiger partial charge in [0.1, 0.15) is 0 Å². The lowest BCUT2D eigenvalue weighted by Crippen LogP contribution is -2.51. The van der Waals surface area contributed by atoms with Crippen LogP contribution in [0.5, 0.6) is 0 Å². The van der Waals surface area contributed by atoms with Crippen molar-refractivity contribution < 1.29 is 4.43 Å². The van der Waals surface area contributed by atoms with E-state index in [1.165, 1.54) is 50.2 Å². The number of unbranched alkanes of at least 4 members (excludes halogenated alkanes) is 1. The van der Waals surface area contributed by atoms with Crippen molar-refractivity contribution in [3.63, 3.8) is 0 Å². The minimum Gasteiger partial charge on any atom is -0.413 e. The summed E-state index contributed by atoms with van der Waals surface area (Å²) in [6, 6.07) is 4.23. The second-order valence-electron chi connectivity index (χ2n) is 11.3. The molecule has 0 fully saturated rings. The Morgan fingerprint density at radius 2 is 1.52 bits per heavy atom. The van der Waals surface area contributed by atoms with Gasteiger partial charge in [0.05, 0.1) is 14.2 Å². The molecule has 0 bridgehead atoms. The molecule has 1 atom stereocenters. The van der Waals surface area contributed by atoms with Crippen LogP contribution in [0.3, 0.4) is 0 Å². The quantitative estimate of drug-likeness (QED) is 0.345. The molecule has 1 rings (SSSR count). The second-order valence-corrected chi connectivity index (χ2v) is 21.3. The van der Waals surface area contributed by atoms with Crippen LogP contribution in [0.15, 0.2) is 10.8 Å². The molecule has 160 valence electrons. The maximum Gasteiger partial charge on any atom is 0.192 e. The molecule has 0 aromatic heterocycles. The van der Waals surface area contributed by atoms with E-state index in [4.69, 9.17) is 4.43 Å². The summed E-state index contributed by atoms with van der Waals surface area (Å²) in [6.45, 7) is 26.7. The Kier molecular flexibility index (Phi) is 8.67. The average Bonchev–Trinajstić information content (AvgIpc) is 2.56. The Morgan fingerprint density at radius 1 is 1.00 bits per heavy atom. The first-order valence-electron chi connectivity index (χ1n) is 11.7. The molecule has 1 aliphatic carbocycles. The lowest BCUT2D eigenvalue weighted by Gasteiger charge is -2.50. The van der Waals surface area contributed by atoms with E-state index in [0.717, 1.165) is 0 Å². The standard InChI is InChI=1S/C24H50OSi2/c1-12-16-17-20-18-22(25-26(10,11)23(5,6)7)24(8,9)19-21(20)27(13-2,14-3)15-4/h22H,12-19H2,1-11H3. The van der Waals surface area contributed by atoms with Crippen molar-refractivity contribution >= 4 is 16.4 Å². The maximum absolute atomic E-state index is 7.05. The molecule has 0 aromatic rings. The van der Waals surface area contributed by atoms with Gasteiger partial charge in [0.25, 0.3) is 0 Å². The van der Waals surface area contributed by atoms with Crippen LogP contribution in [-0.2, 0) is 4.43 Å². The zero-order chi connectivity index (χ0) is 21.1. The Hall–Kier alpha value is 0.134. The first kappa shape index (κ1) is 25.2. The van der Waals surface area contributed by atoms with Crippen molar-refractivity contribution in [2.24, 2.45) is 5.41 Å². The summed E-state index contributed by atoms with van der Waals surface area (Å²) < 4.78 is 7.05. The van der Waals surface area contributed by atoms with Gasteiger partial charge < -0.3 is 4.43 Å². The van der Waals surface area contributed by atoms with Crippen LogP contribution in [0, 0.1) is 5.41 Å². The van der Waals surface area contributed by atoms with E-state index in [9.17, 15) is 0 Å². The molecule has 3 heteroatoms. The minimum atomic E-state index is -1.75. The van der Waals surface area contributed by atoms with Gasteiger partial charge in [0.15, 0.2) is 8.32 Å². The highest BCUT2D eigenvalue weighted by atomic mass is 28.4. The van der Waals surface area contributed by atoms with Crippen LogP contribution in [-0.4, -0.2) is 22.5 Å². The van der Waals surface area contributed by atoms with Crippen LogP contribution in [0.1, 0.15) is 94.4 Å². The smallest absolute Gasteiger partial charge is 0.192 e. The summed E-state index contributed by atoms with van der Waals surface area (Å²) in [7, 11) is -3.05. The molecule has 1 aliphatic rings. The molecule has 0 radical (unpaired) electrons. The lowest BCUT2D eigenvalue weighted by atomic mass is 9.74. The molecular weight excluding hydrogens is 360 g/mol. The van der Waals surface area contributed by atoms with Crippen molar-refractivity contribution in [3.05, 3.63) is 10.8 Å². The molecule has 0 aliphatic heterocycles. The average molecular weight is 411 g/mol. The monoisotopic (exact) mass is 410 g/mol. The van der Waals surface area contributed by atoms with Gasteiger partial charge in [-0.05, 0) is 49.2 Å². The molecule has 0 saturated carbocycles. The van der Waals surface area contributed by atoms with Crippen LogP contribution in [0.2, 0.25) is 36.3 Å². The second kappa shape index (κ2) is 9.30. The summed E-state index contributed by atoms with van der Waals surface area (Å²) in [5.74, 6) is 0. The Morgan fingerprint density at radius 3 is 1.93 bits per heavy atom. The van der Waals surface area contributed by atoms with E-state index in [-0.39, 0.29) is 10.5 Å². The molecule has 0 N–H and O–H groups in total. The number of allylic oxidation sites excluding steroid dienone is 1. The van der Waals surface area contributed by atoms with E-state index in [1.54, 1.807) is 0 Å². The lowest BCUT2D eigenvalue weighted by molar-refractivity contribution is 0.0529. The normalized spacial score (nSPS) is 21.7. The number of hydrogen-bond donors (Lipinski definition) is 0. The molecule has 1 nitrogen and oxygen atoms in total. The third-order valence-electron chi connectivity index (χ3n) is 8.11. The van der Waals surface area contributed by atoms with Crippen molar-refractivity contribution in [1.82, 2.24) is 0 Å². The Labute approximate surface area is 173 Å². The van der Waals surface area contributed by atoms with Gasteiger partial charge in [-0.25, -0.2) is 0 Å². The first-order valence-corrected chi connectivity index (χ1v) is 17.2. The van der Waals surface area contributed by atoms with Gasteiger partial charge in [0, 0.05) is 0 Å². The maximum atomic E-state index is 7.05. The molecule has 0 aromatic carbocycles. The van der Waals surface area contributed by atoms with Crippen molar-refractivity contribution in [3.8, 4) is 0 Å². The fourth-order valence-electron chi connectivity index (χ4n) is 4.65. The molecule has 27 heavy (non-hydrogen) atoms. The number of hydrogen-bond acceptors (Lipinski definition) is 1. The van der Waals surface area contributed by atoms with Gasteiger partial charge in [-0.1, -0.05) is 97.6 Å². The van der Waals surface area contributed by atoms with Crippen LogP contribution in [0.4, 0.5) is 0 Å². The SMILES string of the molecule is CCCCC1=C([Si](CC)(CC)CC)CC(C)(C)C(O[Si](C)(C)C(C)(C)C)C1. The Bertz CT molecular complexity index is 499. The fourth-order valence-corrected chi connectivity index (χ4v) is 10.7. The zero-order valence-electron chi connectivity index (χ0n) is 20.6. The third kappa shape index (κ3) is 5.60. The zero-order valence-corrected chi connectivity index (χ0v) is 22.6. The topological polar surface area (TPSA) is 9.23 Å². The highest BCUT2D eigenvalue weighted by molar-refractivity contribution is 6.86. The molecule has 0 spiro atoms. The van der Waals surface area contributed by atoms with Crippen molar-refractivity contribution in [2.45, 2.75) is 137 Å². The van der Waals surface area contributed by atoms with E-state index < -0.39 is 16.4 Å². The summed E-state index contributed by atoms with van der Waals surface area (Å²) in [4.78, 5) is 0. The minimum absolute atomic E-state index is 0.262. The van der Waals surface area contributed by atoms with Crippen LogP contribution >= 0.6 is 0 Å². The largest absolute Gasteiger partial charge is 0.413 e.